The Morgan fingerprint density at radius 3 is 1.25 bits per heavy atom. The summed E-state index contributed by atoms with van der Waals surface area (Å²) in [6.07, 6.45) is 0. The Balaban J connectivity index is 2.41. The molecule has 0 bridgehead atoms. The van der Waals surface area contributed by atoms with Crippen LogP contribution in [0.15, 0.2) is 24.3 Å². The molecule has 0 amide bonds. The smallest absolute Gasteiger partial charge is 0.163 e. The van der Waals surface area contributed by atoms with E-state index in [4.69, 9.17) is 18.9 Å². The first-order chi connectivity index (χ1) is 13.3. The van der Waals surface area contributed by atoms with E-state index in [0.29, 0.717) is 11.5 Å². The van der Waals surface area contributed by atoms with E-state index < -0.39 is 23.5 Å². The maximum atomic E-state index is 14.5. The average molecular weight is 394 g/mol. The summed E-state index contributed by atoms with van der Waals surface area (Å²) in [6.45, 7) is 3.14. The van der Waals surface area contributed by atoms with Crippen molar-refractivity contribution >= 4 is 5.78 Å². The van der Waals surface area contributed by atoms with Gasteiger partial charge < -0.3 is 18.9 Å². The molecular formula is C21H24F2O5. The summed E-state index contributed by atoms with van der Waals surface area (Å²) in [4.78, 5) is 13.0. The number of rotatable bonds is 8. The number of hydrogen-bond donors (Lipinski definition) is 0. The van der Waals surface area contributed by atoms with Gasteiger partial charge >= 0.3 is 0 Å². The first-order valence-electron chi connectivity index (χ1n) is 8.65. The Hall–Kier alpha value is -2.83. The molecule has 0 radical (unpaired) electrons. The van der Waals surface area contributed by atoms with Crippen LogP contribution in [0.5, 0.6) is 23.0 Å². The van der Waals surface area contributed by atoms with E-state index in [1.54, 1.807) is 13.8 Å². The molecule has 0 spiro atoms. The summed E-state index contributed by atoms with van der Waals surface area (Å²) in [5.74, 6) is -2.14. The molecule has 0 aliphatic carbocycles. The third kappa shape index (κ3) is 4.03. The SMILES string of the molecule is COc1cc(F)c(C(C)C(=O)C(C)c2cc(OC)c(OC)cc2F)cc1OC. The molecule has 0 aliphatic rings. The van der Waals surface area contributed by atoms with Crippen molar-refractivity contribution in [3.63, 3.8) is 0 Å². The van der Waals surface area contributed by atoms with Crippen LogP contribution in [-0.2, 0) is 4.79 Å². The van der Waals surface area contributed by atoms with Crippen LogP contribution < -0.4 is 18.9 Å². The third-order valence-electron chi connectivity index (χ3n) is 4.79. The Morgan fingerprint density at radius 1 is 0.679 bits per heavy atom. The van der Waals surface area contributed by atoms with Crippen molar-refractivity contribution in [2.75, 3.05) is 28.4 Å². The average Bonchev–Trinajstić information content (AvgIpc) is 2.71. The lowest BCUT2D eigenvalue weighted by atomic mass is 9.85. The van der Waals surface area contributed by atoms with Gasteiger partial charge in [0, 0.05) is 35.1 Å². The van der Waals surface area contributed by atoms with Crippen LogP contribution in [0.4, 0.5) is 8.78 Å². The van der Waals surface area contributed by atoms with Gasteiger partial charge in [-0.1, -0.05) is 13.8 Å². The summed E-state index contributed by atoms with van der Waals surface area (Å²) in [5.41, 5.74) is 0.297. The van der Waals surface area contributed by atoms with Gasteiger partial charge in [-0.2, -0.15) is 0 Å². The van der Waals surface area contributed by atoms with E-state index in [0.717, 1.165) is 0 Å². The van der Waals surface area contributed by atoms with Crippen molar-refractivity contribution in [2.24, 2.45) is 0 Å². The van der Waals surface area contributed by atoms with Crippen molar-refractivity contribution in [2.45, 2.75) is 25.7 Å². The maximum Gasteiger partial charge on any atom is 0.163 e. The van der Waals surface area contributed by atoms with Crippen LogP contribution >= 0.6 is 0 Å². The number of benzene rings is 2. The van der Waals surface area contributed by atoms with Gasteiger partial charge in [-0.25, -0.2) is 8.78 Å². The molecule has 0 heterocycles. The van der Waals surface area contributed by atoms with Gasteiger partial charge in [-0.15, -0.1) is 0 Å². The van der Waals surface area contributed by atoms with Crippen molar-refractivity contribution in [1.82, 2.24) is 0 Å². The van der Waals surface area contributed by atoms with E-state index in [-0.39, 0.29) is 28.4 Å². The molecule has 7 heteroatoms. The standard InChI is InChI=1S/C21H24F2O5/c1-11(13-7-17(25-3)19(27-5)9-15(13)22)21(24)12(2)14-8-18(26-4)20(28-6)10-16(14)23/h7-12H,1-6H3. The first-order valence-corrected chi connectivity index (χ1v) is 8.65. The molecule has 2 aromatic carbocycles. The number of carbonyl (C=O) groups excluding carboxylic acids is 1. The monoisotopic (exact) mass is 394 g/mol. The molecule has 2 atom stereocenters. The lowest BCUT2D eigenvalue weighted by Crippen LogP contribution is -2.19. The Morgan fingerprint density at radius 2 is 0.964 bits per heavy atom. The molecule has 0 N–H and O–H groups in total. The fraction of sp³-hybridized carbons (Fsp3) is 0.381. The van der Waals surface area contributed by atoms with Gasteiger partial charge in [0.1, 0.15) is 17.4 Å². The minimum atomic E-state index is -0.831. The highest BCUT2D eigenvalue weighted by Crippen LogP contribution is 2.38. The number of hydrogen-bond acceptors (Lipinski definition) is 5. The molecule has 0 saturated carbocycles. The van der Waals surface area contributed by atoms with Crippen molar-refractivity contribution in [3.8, 4) is 23.0 Å². The largest absolute Gasteiger partial charge is 0.493 e. The summed E-state index contributed by atoms with van der Waals surface area (Å²) in [7, 11) is 5.64. The van der Waals surface area contributed by atoms with Crippen LogP contribution in [0.3, 0.4) is 0 Å². The Bertz CT molecular complexity index is 797. The molecule has 0 saturated heterocycles. The van der Waals surface area contributed by atoms with Crippen molar-refractivity contribution in [3.05, 3.63) is 47.0 Å². The van der Waals surface area contributed by atoms with E-state index in [1.807, 2.05) is 0 Å². The maximum absolute atomic E-state index is 14.5. The quantitative estimate of drug-likeness (QED) is 0.661. The van der Waals surface area contributed by atoms with Gasteiger partial charge in [0.2, 0.25) is 0 Å². The number of Topliss-reactive ketones (excluding diaryl/α,β-unsaturated/α-hetero) is 1. The highest BCUT2D eigenvalue weighted by Gasteiger charge is 2.29. The lowest BCUT2D eigenvalue weighted by Gasteiger charge is -2.20. The van der Waals surface area contributed by atoms with Crippen LogP contribution in [0.1, 0.15) is 36.8 Å². The summed E-state index contributed by atoms with van der Waals surface area (Å²) >= 11 is 0. The Kier molecular flexibility index (Phi) is 6.83. The second-order valence-corrected chi connectivity index (χ2v) is 6.30. The highest BCUT2D eigenvalue weighted by atomic mass is 19.1. The van der Waals surface area contributed by atoms with Gasteiger partial charge in [-0.3, -0.25) is 4.79 Å². The third-order valence-corrected chi connectivity index (χ3v) is 4.79. The number of ether oxygens (including phenoxy) is 4. The van der Waals surface area contributed by atoms with Gasteiger partial charge in [0.15, 0.2) is 23.0 Å². The molecule has 0 aliphatic heterocycles. The van der Waals surface area contributed by atoms with Crippen LogP contribution in [0, 0.1) is 11.6 Å². The van der Waals surface area contributed by atoms with Crippen LogP contribution in [-0.4, -0.2) is 34.2 Å². The minimum absolute atomic E-state index is 0.149. The minimum Gasteiger partial charge on any atom is -0.493 e. The summed E-state index contributed by atoms with van der Waals surface area (Å²) in [5, 5.41) is 0. The molecular weight excluding hydrogens is 370 g/mol. The molecule has 2 aromatic rings. The molecule has 0 aromatic heterocycles. The summed E-state index contributed by atoms with van der Waals surface area (Å²) < 4.78 is 49.6. The van der Waals surface area contributed by atoms with E-state index in [9.17, 15) is 13.6 Å². The molecule has 2 rings (SSSR count). The van der Waals surface area contributed by atoms with Gasteiger partial charge in [0.05, 0.1) is 28.4 Å². The van der Waals surface area contributed by atoms with Crippen molar-refractivity contribution in [1.29, 1.82) is 0 Å². The fourth-order valence-electron chi connectivity index (χ4n) is 3.08. The second kappa shape index (κ2) is 8.91. The second-order valence-electron chi connectivity index (χ2n) is 6.30. The predicted octanol–water partition coefficient (Wildman–Crippen LogP) is 4.48. The number of ketones is 1. The number of methoxy groups -OCH3 is 4. The fourth-order valence-corrected chi connectivity index (χ4v) is 3.08. The Labute approximate surface area is 163 Å². The highest BCUT2D eigenvalue weighted by molar-refractivity contribution is 5.91. The number of carbonyl (C=O) groups is 1. The van der Waals surface area contributed by atoms with Gasteiger partial charge in [0.25, 0.3) is 0 Å². The lowest BCUT2D eigenvalue weighted by molar-refractivity contribution is -0.121. The van der Waals surface area contributed by atoms with E-state index in [2.05, 4.69) is 0 Å². The van der Waals surface area contributed by atoms with Crippen LogP contribution in [0.2, 0.25) is 0 Å². The zero-order valence-corrected chi connectivity index (χ0v) is 16.8. The molecule has 2 unspecified atom stereocenters. The number of halogens is 2. The van der Waals surface area contributed by atoms with E-state index in [1.165, 1.54) is 52.7 Å². The van der Waals surface area contributed by atoms with E-state index >= 15 is 0 Å². The molecule has 0 fully saturated rings. The van der Waals surface area contributed by atoms with Gasteiger partial charge in [-0.05, 0) is 12.1 Å². The predicted molar refractivity (Wildman–Crippen MR) is 101 cm³/mol. The molecule has 152 valence electrons. The summed E-state index contributed by atoms with van der Waals surface area (Å²) in [6, 6.07) is 5.18. The molecule has 28 heavy (non-hydrogen) atoms. The van der Waals surface area contributed by atoms with Crippen LogP contribution in [0.25, 0.3) is 0 Å². The normalized spacial score (nSPS) is 12.9. The topological polar surface area (TPSA) is 54.0 Å². The first kappa shape index (κ1) is 21.5. The van der Waals surface area contributed by atoms with Crippen molar-refractivity contribution < 1.29 is 32.5 Å². The molecule has 5 nitrogen and oxygen atoms in total. The zero-order chi connectivity index (χ0) is 21.0. The zero-order valence-electron chi connectivity index (χ0n) is 16.8.